The summed E-state index contributed by atoms with van der Waals surface area (Å²) >= 11 is 0. The van der Waals surface area contributed by atoms with E-state index in [2.05, 4.69) is 20.0 Å². The number of fused-ring (bicyclic) bond motifs is 2. The second-order valence-corrected chi connectivity index (χ2v) is 15.1. The van der Waals surface area contributed by atoms with Crippen LogP contribution in [0.3, 0.4) is 0 Å². The van der Waals surface area contributed by atoms with Crippen LogP contribution >= 0.6 is 0 Å². The van der Waals surface area contributed by atoms with Crippen molar-refractivity contribution in [2.24, 2.45) is 9.98 Å². The molecule has 0 aliphatic carbocycles. The number of hydrogen-bond donors (Lipinski definition) is 0. The first-order valence-corrected chi connectivity index (χ1v) is 21.4. The predicted octanol–water partition coefficient (Wildman–Crippen LogP) is 7.92. The van der Waals surface area contributed by atoms with Gasteiger partial charge in [-0.15, -0.1) is 0 Å². The molecule has 440 valence electrons. The fourth-order valence-electron chi connectivity index (χ4n) is 4.82. The Balaban J connectivity index is 0. The number of nitrogens with zero attached hydrogens (tertiary/aromatic N) is 4. The van der Waals surface area contributed by atoms with Gasteiger partial charge >= 0.3 is 102 Å². The zero-order valence-electron chi connectivity index (χ0n) is 41.7. The molecule has 82 heavy (non-hydrogen) atoms. The van der Waals surface area contributed by atoms with Crippen LogP contribution in [0.5, 0.6) is 11.5 Å². The molecule has 4 aromatic carbocycles. The number of para-hydroxylation sites is 2. The summed E-state index contributed by atoms with van der Waals surface area (Å²) in [5, 5.41) is 64.5. The monoisotopic (exact) mass is 1460 g/mol. The van der Waals surface area contributed by atoms with E-state index in [1.54, 1.807) is 61.0 Å². The third kappa shape index (κ3) is 31.9. The number of rotatable bonds is 8. The number of benzene rings is 4. The van der Waals surface area contributed by atoms with E-state index in [1.165, 1.54) is 36.4 Å². The molecule has 0 N–H and O–H groups in total. The number of aromatic nitrogens is 2. The van der Waals surface area contributed by atoms with Gasteiger partial charge in [-0.05, 0) is 146 Å². The van der Waals surface area contributed by atoms with Gasteiger partial charge in [0.2, 0.25) is 0 Å². The summed E-state index contributed by atoms with van der Waals surface area (Å²) in [4.78, 5) is 56.6. The van der Waals surface area contributed by atoms with E-state index < -0.39 is 70.9 Å². The van der Waals surface area contributed by atoms with E-state index in [9.17, 15) is 111 Å². The molecular formula is C52H36F14N4O10Tb2. The minimum absolute atomic E-state index is 0. The molecule has 0 fully saturated rings. The summed E-state index contributed by atoms with van der Waals surface area (Å²) in [7, 11) is 0. The zero-order valence-corrected chi connectivity index (χ0v) is 46.0. The standard InChI is InChI=1S/2C16H11FN2O.4C5H5F3O2.2Tb/c2*17-12-5-8-13(9-6-12)18-10-14-7-4-11-2-1-3-15(20)16(11)19-14;4*1-3(9)2-4(10)5(6,7)8;;/h2*1-10,20H;4*2,10H,1H3;;/q;;;;;;2*+3/p-6/b;;4*4-2-;;. The third-order valence-corrected chi connectivity index (χ3v) is 8.21. The second kappa shape index (κ2) is 35.8. The number of halogens is 14. The Morgan fingerprint density at radius 1 is 0.402 bits per heavy atom. The van der Waals surface area contributed by atoms with E-state index in [4.69, 9.17) is 0 Å². The molecule has 0 bridgehead atoms. The van der Waals surface area contributed by atoms with Crippen LogP contribution in [0.25, 0.3) is 21.8 Å². The van der Waals surface area contributed by atoms with Crippen molar-refractivity contribution in [3.05, 3.63) is 180 Å². The largest absolute Gasteiger partial charge is 3.00 e. The molecule has 0 saturated heterocycles. The molecule has 30 heteroatoms. The molecule has 0 saturated carbocycles. The maximum absolute atomic E-state index is 12.8. The fourth-order valence-corrected chi connectivity index (χ4v) is 4.82. The fraction of sp³-hybridized carbons (Fsp3) is 0.154. The summed E-state index contributed by atoms with van der Waals surface area (Å²) in [6.07, 6.45) is -16.5. The zero-order chi connectivity index (χ0) is 61.3. The first-order valence-electron chi connectivity index (χ1n) is 21.4. The van der Waals surface area contributed by atoms with Gasteiger partial charge in [0.15, 0.2) is 23.1 Å². The van der Waals surface area contributed by atoms with Crippen molar-refractivity contribution in [3.63, 3.8) is 0 Å². The van der Waals surface area contributed by atoms with Crippen LogP contribution in [-0.2, 0) is 19.2 Å². The summed E-state index contributed by atoms with van der Waals surface area (Å²) in [5.74, 6) is -12.9. The molecule has 0 amide bonds. The smallest absolute Gasteiger partial charge is 0.871 e. The maximum Gasteiger partial charge on any atom is 3.00 e. The van der Waals surface area contributed by atoms with E-state index in [1.807, 2.05) is 24.3 Å². The van der Waals surface area contributed by atoms with Gasteiger partial charge in [0, 0.05) is 0 Å². The Morgan fingerprint density at radius 2 is 0.646 bits per heavy atom. The normalized spacial score (nSPS) is 12.0. The first-order chi connectivity index (χ1) is 36.8. The van der Waals surface area contributed by atoms with Gasteiger partial charge in [0.1, 0.15) is 11.6 Å². The van der Waals surface area contributed by atoms with Gasteiger partial charge < -0.3 is 30.6 Å². The van der Waals surface area contributed by atoms with Crippen LogP contribution in [0.1, 0.15) is 39.1 Å². The van der Waals surface area contributed by atoms with Gasteiger partial charge in [-0.25, -0.2) is 18.7 Å². The molecular weight excluding hydrogens is 1420 g/mol. The minimum Gasteiger partial charge on any atom is -0.871 e. The molecule has 0 atom stereocenters. The number of carbonyl (C=O) groups excluding carboxylic acids is 4. The average Bonchev–Trinajstić information content (AvgIpc) is 3.33. The average molecular weight is 1460 g/mol. The Hall–Kier alpha value is -6.93. The van der Waals surface area contributed by atoms with Crippen LogP contribution in [0.15, 0.2) is 167 Å². The van der Waals surface area contributed by atoms with Crippen molar-refractivity contribution in [1.29, 1.82) is 0 Å². The molecule has 2 heterocycles. The third-order valence-electron chi connectivity index (χ3n) is 8.21. The Labute approximate surface area is 516 Å². The number of carbonyl (C=O) groups is 4. The van der Waals surface area contributed by atoms with E-state index in [0.29, 0.717) is 33.8 Å². The number of alkyl halides is 12. The van der Waals surface area contributed by atoms with Gasteiger partial charge in [0.25, 0.3) is 0 Å². The molecule has 14 nitrogen and oxygen atoms in total. The molecule has 0 aliphatic heterocycles. The van der Waals surface area contributed by atoms with E-state index >= 15 is 0 Å². The SMILES string of the molecule is CC(=O)/C=C(\[O-])C(F)(F)F.CC(=O)/C=C(\[O-])C(F)(F)F.CC(=O)/C=C(\[O-])C(F)(F)F.CC(=O)/C=C(\[O-])C(F)(F)F.[O-]c1cccc2ccc(C=Nc3ccc(F)cc3)nc12.[O-]c1cccc2ccc(C=Nc3ccc(F)cc3)nc12.[Tb+3].[Tb+3]. The maximum atomic E-state index is 12.8. The van der Waals surface area contributed by atoms with Crippen molar-refractivity contribution in [2.45, 2.75) is 52.4 Å². The molecule has 0 aliphatic rings. The number of hydrogen-bond acceptors (Lipinski definition) is 14. The Morgan fingerprint density at radius 3 is 0.854 bits per heavy atom. The Kier molecular flexibility index (Phi) is 33.7. The summed E-state index contributed by atoms with van der Waals surface area (Å²) in [6, 6.07) is 29.0. The van der Waals surface area contributed by atoms with Gasteiger partial charge in [-0.3, -0.25) is 29.2 Å². The molecule has 6 aromatic rings. The van der Waals surface area contributed by atoms with Crippen molar-refractivity contribution in [2.75, 3.05) is 0 Å². The molecule has 0 spiro atoms. The summed E-state index contributed by atoms with van der Waals surface area (Å²) in [6.45, 7) is 3.51. The molecule has 0 unspecified atom stereocenters. The van der Waals surface area contributed by atoms with Gasteiger partial charge in [-0.2, -0.15) is 52.7 Å². The summed E-state index contributed by atoms with van der Waals surface area (Å²) in [5.41, 5.74) is 3.29. The van der Waals surface area contributed by atoms with Crippen molar-refractivity contribution < 1.29 is 189 Å². The quantitative estimate of drug-likeness (QED) is 0.0609. The number of ketones is 4. The van der Waals surface area contributed by atoms with Crippen LogP contribution in [0, 0.1) is 88.9 Å². The van der Waals surface area contributed by atoms with Crippen molar-refractivity contribution >= 4 is 68.7 Å². The molecule has 6 rings (SSSR count). The Bertz CT molecular complexity index is 2970. The van der Waals surface area contributed by atoms with Crippen LogP contribution in [0.2, 0.25) is 0 Å². The second-order valence-electron chi connectivity index (χ2n) is 15.1. The van der Waals surface area contributed by atoms with Crippen molar-refractivity contribution in [3.8, 4) is 11.5 Å². The van der Waals surface area contributed by atoms with Crippen LogP contribution < -0.4 is 30.6 Å². The van der Waals surface area contributed by atoms with Gasteiger partial charge in [0.05, 0.1) is 46.2 Å². The van der Waals surface area contributed by atoms with Crippen LogP contribution in [0.4, 0.5) is 72.8 Å². The summed E-state index contributed by atoms with van der Waals surface area (Å²) < 4.78 is 161. The number of aliphatic imine (C=N–C) groups is 2. The predicted molar refractivity (Wildman–Crippen MR) is 249 cm³/mol. The molecule has 2 aromatic heterocycles. The van der Waals surface area contributed by atoms with Crippen molar-refractivity contribution in [1.82, 2.24) is 9.97 Å². The number of allylic oxidation sites excluding steroid dienone is 8. The molecule has 0 radical (unpaired) electrons. The van der Waals surface area contributed by atoms with Gasteiger partial charge in [-0.1, -0.05) is 60.0 Å². The minimum atomic E-state index is -4.92. The number of pyridine rings is 2. The van der Waals surface area contributed by atoms with E-state index in [0.717, 1.165) is 38.5 Å². The first kappa shape index (κ1) is 77.1. The topological polar surface area (TPSA) is 257 Å². The van der Waals surface area contributed by atoms with E-state index in [-0.39, 0.29) is 125 Å². The van der Waals surface area contributed by atoms with Crippen LogP contribution in [-0.4, -0.2) is 70.2 Å².